The molecule has 1 aliphatic rings. The summed E-state index contributed by atoms with van der Waals surface area (Å²) >= 11 is 0. The normalized spacial score (nSPS) is 18.7. The molecule has 3 aromatic rings. The molecule has 0 saturated carbocycles. The lowest BCUT2D eigenvalue weighted by atomic mass is 9.74. The quantitative estimate of drug-likeness (QED) is 0.544. The third-order valence-corrected chi connectivity index (χ3v) is 5.73. The van der Waals surface area contributed by atoms with Gasteiger partial charge in [-0.05, 0) is 43.4 Å². The second-order valence-corrected chi connectivity index (χ2v) is 7.98. The van der Waals surface area contributed by atoms with Gasteiger partial charge in [-0.1, -0.05) is 6.07 Å². The summed E-state index contributed by atoms with van der Waals surface area (Å²) in [7, 11) is 0. The fourth-order valence-electron chi connectivity index (χ4n) is 4.18. The molecule has 1 atom stereocenters. The summed E-state index contributed by atoms with van der Waals surface area (Å²) in [5, 5.41) is 4.02. The third-order valence-electron chi connectivity index (χ3n) is 5.73. The van der Waals surface area contributed by atoms with Crippen LogP contribution >= 0.6 is 0 Å². The van der Waals surface area contributed by atoms with Crippen LogP contribution < -0.4 is 0 Å². The van der Waals surface area contributed by atoms with Crippen molar-refractivity contribution in [3.63, 3.8) is 0 Å². The zero-order chi connectivity index (χ0) is 22.7. The van der Waals surface area contributed by atoms with Crippen molar-refractivity contribution in [1.29, 1.82) is 0 Å². The minimum absolute atomic E-state index is 0.0220. The maximum absolute atomic E-state index is 14.4. The van der Waals surface area contributed by atoms with Gasteiger partial charge in [0.2, 0.25) is 5.91 Å². The Hall–Kier alpha value is -3.43. The first-order valence-electron chi connectivity index (χ1n) is 10.4. The van der Waals surface area contributed by atoms with Gasteiger partial charge in [-0.15, -0.1) is 0 Å². The van der Waals surface area contributed by atoms with Crippen molar-refractivity contribution in [1.82, 2.24) is 24.5 Å². The lowest BCUT2D eigenvalue weighted by Gasteiger charge is -2.41. The van der Waals surface area contributed by atoms with Crippen molar-refractivity contribution in [3.05, 3.63) is 59.7 Å². The standard InChI is InChI=1S/C22H23F2N5O3/c1-2-32-20(31)22(10-16-4-5-17(23)9-18(16)24)6-3-7-28(13-22)19(30)8-15-11-25-21-26-14-27-29(21)12-15/h4-5,9,11-12,14H,2-3,6-8,10,13H2,1H3/t22-/m1/s1. The number of benzene rings is 1. The fourth-order valence-corrected chi connectivity index (χ4v) is 4.18. The summed E-state index contributed by atoms with van der Waals surface area (Å²) in [4.78, 5) is 35.8. The summed E-state index contributed by atoms with van der Waals surface area (Å²) < 4.78 is 34.5. The molecule has 0 radical (unpaired) electrons. The van der Waals surface area contributed by atoms with Crippen LogP contribution in [0.2, 0.25) is 0 Å². The molecule has 1 fully saturated rings. The number of hydrogen-bond donors (Lipinski definition) is 0. The van der Waals surface area contributed by atoms with E-state index in [9.17, 15) is 18.4 Å². The topological polar surface area (TPSA) is 89.7 Å². The Morgan fingerprint density at radius 2 is 2.09 bits per heavy atom. The molecule has 0 spiro atoms. The van der Waals surface area contributed by atoms with Crippen LogP contribution in [0.5, 0.6) is 0 Å². The number of esters is 1. The Labute approximate surface area is 183 Å². The summed E-state index contributed by atoms with van der Waals surface area (Å²) in [5.41, 5.74) is -0.226. The van der Waals surface area contributed by atoms with Gasteiger partial charge in [-0.3, -0.25) is 9.59 Å². The number of rotatable bonds is 6. The molecule has 2 aromatic heterocycles. The Morgan fingerprint density at radius 3 is 2.88 bits per heavy atom. The highest BCUT2D eigenvalue weighted by Crippen LogP contribution is 2.36. The average Bonchev–Trinajstić information content (AvgIpc) is 3.24. The van der Waals surface area contributed by atoms with Crippen LogP contribution in [-0.4, -0.2) is 56.1 Å². The molecule has 1 aromatic carbocycles. The van der Waals surface area contributed by atoms with E-state index in [4.69, 9.17) is 4.74 Å². The van der Waals surface area contributed by atoms with Gasteiger partial charge in [-0.25, -0.2) is 18.3 Å². The molecule has 1 amide bonds. The zero-order valence-electron chi connectivity index (χ0n) is 17.6. The van der Waals surface area contributed by atoms with Crippen LogP contribution in [0.1, 0.15) is 30.9 Å². The van der Waals surface area contributed by atoms with E-state index in [2.05, 4.69) is 15.1 Å². The molecule has 0 aliphatic carbocycles. The molecule has 4 rings (SSSR count). The molecule has 0 N–H and O–H groups in total. The number of amides is 1. The van der Waals surface area contributed by atoms with Crippen molar-refractivity contribution in [2.75, 3.05) is 19.7 Å². The SMILES string of the molecule is CCOC(=O)[C@@]1(Cc2ccc(F)cc2F)CCCN(C(=O)Cc2cnc3ncnn3c2)C1. The highest BCUT2D eigenvalue weighted by atomic mass is 19.1. The first-order valence-corrected chi connectivity index (χ1v) is 10.4. The summed E-state index contributed by atoms with van der Waals surface area (Å²) in [6, 6.07) is 3.30. The van der Waals surface area contributed by atoms with E-state index < -0.39 is 23.0 Å². The number of carbonyl (C=O) groups is 2. The maximum atomic E-state index is 14.4. The van der Waals surface area contributed by atoms with Crippen LogP contribution in [0, 0.1) is 17.0 Å². The van der Waals surface area contributed by atoms with Crippen molar-refractivity contribution < 1.29 is 23.1 Å². The number of halogens is 2. The van der Waals surface area contributed by atoms with Gasteiger partial charge in [0.05, 0.1) is 18.4 Å². The second-order valence-electron chi connectivity index (χ2n) is 7.98. The number of aromatic nitrogens is 4. The van der Waals surface area contributed by atoms with Gasteiger partial charge < -0.3 is 9.64 Å². The number of likely N-dealkylation sites (tertiary alicyclic amines) is 1. The maximum Gasteiger partial charge on any atom is 0.314 e. The lowest BCUT2D eigenvalue weighted by Crippen LogP contribution is -2.52. The monoisotopic (exact) mass is 443 g/mol. The van der Waals surface area contributed by atoms with E-state index in [-0.39, 0.29) is 37.5 Å². The first-order chi connectivity index (χ1) is 15.4. The lowest BCUT2D eigenvalue weighted by molar-refractivity contribution is -0.160. The molecule has 0 bridgehead atoms. The smallest absolute Gasteiger partial charge is 0.314 e. The second kappa shape index (κ2) is 8.97. The average molecular weight is 443 g/mol. The van der Waals surface area contributed by atoms with Gasteiger partial charge in [0.15, 0.2) is 0 Å². The highest BCUT2D eigenvalue weighted by Gasteiger charge is 2.45. The number of ether oxygens (including phenoxy) is 1. The Morgan fingerprint density at radius 1 is 1.25 bits per heavy atom. The van der Waals surface area contributed by atoms with Crippen LogP contribution in [0.15, 0.2) is 36.9 Å². The van der Waals surface area contributed by atoms with Crippen LogP contribution in [0.25, 0.3) is 5.78 Å². The Kier molecular flexibility index (Phi) is 6.11. The van der Waals surface area contributed by atoms with E-state index in [1.807, 2.05) is 0 Å². The molecule has 1 aliphatic heterocycles. The number of carbonyl (C=O) groups excluding carboxylic acids is 2. The molecule has 1 saturated heterocycles. The molecule has 168 valence electrons. The molecule has 3 heterocycles. The van der Waals surface area contributed by atoms with Crippen molar-refractivity contribution in [2.45, 2.75) is 32.6 Å². The number of nitrogens with zero attached hydrogens (tertiary/aromatic N) is 5. The van der Waals surface area contributed by atoms with Gasteiger partial charge >= 0.3 is 5.97 Å². The summed E-state index contributed by atoms with van der Waals surface area (Å²) in [5.74, 6) is -1.63. The largest absolute Gasteiger partial charge is 0.466 e. The molecule has 32 heavy (non-hydrogen) atoms. The van der Waals surface area contributed by atoms with Gasteiger partial charge in [-0.2, -0.15) is 10.1 Å². The molecule has 0 unspecified atom stereocenters. The van der Waals surface area contributed by atoms with Crippen LogP contribution in [0.3, 0.4) is 0 Å². The van der Waals surface area contributed by atoms with E-state index in [0.29, 0.717) is 30.7 Å². The fraction of sp³-hybridized carbons (Fsp3) is 0.409. The first kappa shape index (κ1) is 21.8. The number of piperidine rings is 1. The van der Waals surface area contributed by atoms with Crippen molar-refractivity contribution in [2.24, 2.45) is 5.41 Å². The predicted octanol–water partition coefficient (Wildman–Crippen LogP) is 2.36. The number of fused-ring (bicyclic) bond motifs is 1. The van der Waals surface area contributed by atoms with Gasteiger partial charge in [0.25, 0.3) is 5.78 Å². The minimum atomic E-state index is -1.10. The molecular formula is C22H23F2N5O3. The van der Waals surface area contributed by atoms with Crippen LogP contribution in [-0.2, 0) is 27.2 Å². The van der Waals surface area contributed by atoms with E-state index in [1.54, 1.807) is 24.2 Å². The summed E-state index contributed by atoms with van der Waals surface area (Å²) in [6.45, 7) is 2.44. The zero-order valence-corrected chi connectivity index (χ0v) is 17.6. The minimum Gasteiger partial charge on any atom is -0.466 e. The van der Waals surface area contributed by atoms with E-state index in [0.717, 1.165) is 12.1 Å². The molecule has 8 nitrogen and oxygen atoms in total. The molecular weight excluding hydrogens is 420 g/mol. The predicted molar refractivity (Wildman–Crippen MR) is 109 cm³/mol. The van der Waals surface area contributed by atoms with E-state index >= 15 is 0 Å². The van der Waals surface area contributed by atoms with Gasteiger partial charge in [0, 0.05) is 31.5 Å². The molecule has 10 heteroatoms. The Bertz CT molecular complexity index is 1150. The third kappa shape index (κ3) is 4.44. The van der Waals surface area contributed by atoms with E-state index in [1.165, 1.54) is 16.9 Å². The summed E-state index contributed by atoms with van der Waals surface area (Å²) in [6.07, 6.45) is 5.73. The van der Waals surface area contributed by atoms with Crippen molar-refractivity contribution in [3.8, 4) is 0 Å². The number of hydrogen-bond acceptors (Lipinski definition) is 6. The van der Waals surface area contributed by atoms with Crippen molar-refractivity contribution >= 4 is 17.7 Å². The van der Waals surface area contributed by atoms with Crippen LogP contribution in [0.4, 0.5) is 8.78 Å². The highest BCUT2D eigenvalue weighted by molar-refractivity contribution is 5.82. The van der Waals surface area contributed by atoms with Gasteiger partial charge in [0.1, 0.15) is 18.0 Å². The Balaban J connectivity index is 1.55.